The van der Waals surface area contributed by atoms with E-state index in [4.69, 9.17) is 20.8 Å². The lowest BCUT2D eigenvalue weighted by molar-refractivity contribution is 0.00386. The van der Waals surface area contributed by atoms with Crippen molar-refractivity contribution in [2.24, 2.45) is 0 Å². The van der Waals surface area contributed by atoms with Crippen LogP contribution in [0.2, 0.25) is 0 Å². The molecule has 0 aromatic rings. The number of epoxide rings is 2. The molecule has 2 aliphatic heterocycles. The van der Waals surface area contributed by atoms with Gasteiger partial charge in [0.15, 0.2) is 0 Å². The molecule has 6 heteroatoms. The van der Waals surface area contributed by atoms with Crippen LogP contribution in [0.1, 0.15) is 19.8 Å². The zero-order valence-electron chi connectivity index (χ0n) is 9.06. The van der Waals surface area contributed by atoms with Gasteiger partial charge in [-0.1, -0.05) is 0 Å². The molecule has 0 aromatic carbocycles. The van der Waals surface area contributed by atoms with Crippen LogP contribution >= 0.6 is 0 Å². The Bertz CT molecular complexity index is 303. The molecule has 1 N–H and O–H groups in total. The summed E-state index contributed by atoms with van der Waals surface area (Å²) in [6.07, 6.45) is 0.934. The van der Waals surface area contributed by atoms with E-state index in [1.165, 1.54) is 0 Å². The van der Waals surface area contributed by atoms with Crippen LogP contribution in [-0.2, 0) is 14.2 Å². The SMILES string of the molecule is [C-]#[N+]NC(=O)OC(C)(CC1CO1)CC1CO1. The number of nitrogens with zero attached hydrogens (tertiary/aromatic N) is 1. The predicted molar refractivity (Wildman–Crippen MR) is 53.3 cm³/mol. The number of hydrogen-bond donors (Lipinski definition) is 1. The van der Waals surface area contributed by atoms with E-state index in [1.807, 2.05) is 12.3 Å². The fourth-order valence-corrected chi connectivity index (χ4v) is 1.79. The van der Waals surface area contributed by atoms with Gasteiger partial charge in [-0.15, -0.1) is 0 Å². The predicted octanol–water partition coefficient (Wildman–Crippen LogP) is 0.883. The fourth-order valence-electron chi connectivity index (χ4n) is 1.79. The number of hydrogen-bond acceptors (Lipinski definition) is 4. The van der Waals surface area contributed by atoms with Gasteiger partial charge in [-0.05, 0) is 12.3 Å². The molecule has 16 heavy (non-hydrogen) atoms. The molecule has 88 valence electrons. The summed E-state index contributed by atoms with van der Waals surface area (Å²) in [7, 11) is 0. The van der Waals surface area contributed by atoms with Gasteiger partial charge in [-0.25, -0.2) is 4.79 Å². The maximum Gasteiger partial charge on any atom is 0.472 e. The van der Waals surface area contributed by atoms with Crippen LogP contribution in [0, 0.1) is 6.57 Å². The molecule has 0 bridgehead atoms. The molecule has 0 radical (unpaired) electrons. The number of carbonyl (C=O) groups excluding carboxylic acids is 1. The molecule has 0 aromatic heterocycles. The Balaban J connectivity index is 1.88. The van der Waals surface area contributed by atoms with Gasteiger partial charge in [-0.3, -0.25) is 0 Å². The summed E-state index contributed by atoms with van der Waals surface area (Å²) in [6.45, 7) is 9.79. The molecular formula is C10H14N2O4. The largest absolute Gasteiger partial charge is 0.472 e. The van der Waals surface area contributed by atoms with E-state index in [0.29, 0.717) is 12.8 Å². The van der Waals surface area contributed by atoms with E-state index in [2.05, 4.69) is 4.95 Å². The van der Waals surface area contributed by atoms with Crippen LogP contribution in [-0.4, -0.2) is 37.1 Å². The molecule has 2 saturated heterocycles. The second-order valence-corrected chi connectivity index (χ2v) is 4.38. The number of carbonyl (C=O) groups is 1. The third-order valence-corrected chi connectivity index (χ3v) is 2.61. The van der Waals surface area contributed by atoms with Crippen molar-refractivity contribution in [1.29, 1.82) is 0 Å². The summed E-state index contributed by atoms with van der Waals surface area (Å²) < 4.78 is 15.5. The lowest BCUT2D eigenvalue weighted by Gasteiger charge is -2.27. The number of ether oxygens (including phenoxy) is 3. The molecule has 0 aliphatic carbocycles. The molecule has 2 unspecified atom stereocenters. The minimum atomic E-state index is -0.709. The second kappa shape index (κ2) is 4.28. The molecule has 2 aliphatic rings. The summed E-state index contributed by atoms with van der Waals surface area (Å²) in [6, 6.07) is 0. The molecule has 6 nitrogen and oxygen atoms in total. The van der Waals surface area contributed by atoms with E-state index >= 15 is 0 Å². The molecule has 0 spiro atoms. The quantitative estimate of drug-likeness (QED) is 0.429. The van der Waals surface area contributed by atoms with Gasteiger partial charge in [0.1, 0.15) is 5.60 Å². The highest BCUT2D eigenvalue weighted by Gasteiger charge is 2.42. The third-order valence-electron chi connectivity index (χ3n) is 2.61. The number of nitrogens with one attached hydrogen (secondary N) is 1. The lowest BCUT2D eigenvalue weighted by atomic mass is 9.94. The first-order valence-electron chi connectivity index (χ1n) is 5.20. The van der Waals surface area contributed by atoms with E-state index in [-0.39, 0.29) is 12.2 Å². The molecular weight excluding hydrogens is 212 g/mol. The Hall–Kier alpha value is -1.32. The first kappa shape index (κ1) is 11.2. The topological polar surface area (TPSA) is 67.8 Å². The van der Waals surface area contributed by atoms with Gasteiger partial charge in [-0.2, -0.15) is 11.5 Å². The van der Waals surface area contributed by atoms with Gasteiger partial charge in [0.05, 0.1) is 25.4 Å². The van der Waals surface area contributed by atoms with Crippen molar-refractivity contribution in [3.05, 3.63) is 11.5 Å². The number of rotatable bonds is 5. The van der Waals surface area contributed by atoms with Crippen LogP contribution in [0.3, 0.4) is 0 Å². The first-order chi connectivity index (χ1) is 7.61. The van der Waals surface area contributed by atoms with Gasteiger partial charge >= 0.3 is 6.09 Å². The Kier molecular flexibility index (Phi) is 2.99. The van der Waals surface area contributed by atoms with Crippen LogP contribution in [0.15, 0.2) is 0 Å². The van der Waals surface area contributed by atoms with Crippen LogP contribution in [0.4, 0.5) is 4.79 Å². The Morgan fingerprint density at radius 2 is 2.00 bits per heavy atom. The van der Waals surface area contributed by atoms with Crippen molar-refractivity contribution < 1.29 is 19.0 Å². The summed E-state index contributed by atoms with van der Waals surface area (Å²) in [4.78, 5) is 14.0. The van der Waals surface area contributed by atoms with Crippen molar-refractivity contribution in [3.63, 3.8) is 0 Å². The van der Waals surface area contributed by atoms with Crippen molar-refractivity contribution in [2.45, 2.75) is 37.6 Å². The van der Waals surface area contributed by atoms with Crippen molar-refractivity contribution in [1.82, 2.24) is 5.43 Å². The van der Waals surface area contributed by atoms with E-state index < -0.39 is 11.7 Å². The molecule has 2 atom stereocenters. The third kappa shape index (κ3) is 3.36. The minimum Gasteiger partial charge on any atom is -0.439 e. The Labute approximate surface area is 93.6 Å². The van der Waals surface area contributed by atoms with Crippen LogP contribution in [0.5, 0.6) is 0 Å². The normalized spacial score (nSPS) is 29.8. The van der Waals surface area contributed by atoms with E-state index in [0.717, 1.165) is 13.2 Å². The highest BCUT2D eigenvalue weighted by atomic mass is 16.6. The Morgan fingerprint density at radius 3 is 2.38 bits per heavy atom. The molecule has 2 fully saturated rings. The van der Waals surface area contributed by atoms with E-state index in [9.17, 15) is 4.79 Å². The minimum absolute atomic E-state index is 0.171. The zero-order valence-corrected chi connectivity index (χ0v) is 9.06. The van der Waals surface area contributed by atoms with Gasteiger partial charge in [0.2, 0.25) is 0 Å². The second-order valence-electron chi connectivity index (χ2n) is 4.38. The fraction of sp³-hybridized carbons (Fsp3) is 0.800. The molecule has 1 amide bonds. The maximum absolute atomic E-state index is 11.2. The average molecular weight is 226 g/mol. The monoisotopic (exact) mass is 226 g/mol. The Morgan fingerprint density at radius 1 is 1.50 bits per heavy atom. The smallest absolute Gasteiger partial charge is 0.439 e. The highest BCUT2D eigenvalue weighted by molar-refractivity contribution is 5.68. The lowest BCUT2D eigenvalue weighted by Crippen LogP contribution is -2.37. The summed E-state index contributed by atoms with van der Waals surface area (Å²) >= 11 is 0. The summed E-state index contributed by atoms with van der Waals surface area (Å²) in [5.74, 6) is 0. The van der Waals surface area contributed by atoms with Gasteiger partial charge in [0.25, 0.3) is 0 Å². The first-order valence-corrected chi connectivity index (χ1v) is 5.20. The van der Waals surface area contributed by atoms with Crippen molar-refractivity contribution in [3.8, 4) is 0 Å². The average Bonchev–Trinajstić information content (AvgIpc) is 3.01. The molecule has 2 rings (SSSR count). The highest BCUT2D eigenvalue weighted by Crippen LogP contribution is 2.33. The zero-order chi connectivity index (χ0) is 11.6. The molecule has 2 heterocycles. The van der Waals surface area contributed by atoms with E-state index in [1.54, 1.807) is 0 Å². The standard InChI is InChI=1S/C10H14N2O4/c1-10(3-7-5-14-7,4-8-6-15-8)16-9(13)12-11-2/h7-8H,3-6H2,1H3,(H,12,13). The summed E-state index contributed by atoms with van der Waals surface area (Å²) in [5.41, 5.74) is 1.32. The van der Waals surface area contributed by atoms with Crippen LogP contribution in [0.25, 0.3) is 4.95 Å². The summed E-state index contributed by atoms with van der Waals surface area (Å²) in [5, 5.41) is 0. The van der Waals surface area contributed by atoms with Crippen molar-refractivity contribution >= 4 is 6.09 Å². The van der Waals surface area contributed by atoms with Gasteiger partial charge < -0.3 is 14.2 Å². The molecule has 0 saturated carbocycles. The number of amides is 1. The van der Waals surface area contributed by atoms with Gasteiger partial charge in [0, 0.05) is 12.8 Å². The van der Waals surface area contributed by atoms with Crippen LogP contribution < -0.4 is 5.43 Å². The van der Waals surface area contributed by atoms with Crippen molar-refractivity contribution in [2.75, 3.05) is 13.2 Å². The maximum atomic E-state index is 11.2.